The van der Waals surface area contributed by atoms with Gasteiger partial charge < -0.3 is 30.8 Å². The number of aromatic carboxylic acids is 1. The Morgan fingerprint density at radius 2 is 1.82 bits per heavy atom. The van der Waals surface area contributed by atoms with Crippen LogP contribution in [0.15, 0.2) is 11.0 Å². The Bertz CT molecular complexity index is 1260. The van der Waals surface area contributed by atoms with Crippen LogP contribution >= 0.6 is 0 Å². The van der Waals surface area contributed by atoms with Gasteiger partial charge in [0.15, 0.2) is 11.6 Å². The molecule has 4 rings (SSSR count). The summed E-state index contributed by atoms with van der Waals surface area (Å²) in [6.07, 6.45) is 1.79. The molecule has 1 aromatic heterocycles. The maximum absolute atomic E-state index is 15.6. The Kier molecular flexibility index (Phi) is 6.66. The van der Waals surface area contributed by atoms with E-state index in [4.69, 9.17) is 20.8 Å². The number of aromatic nitrogens is 1. The number of carboxylic acids is 1. The quantitative estimate of drug-likeness (QED) is 0.348. The zero-order valence-electron chi connectivity index (χ0n) is 17.8. The molecule has 2 atom stereocenters. The average Bonchev–Trinajstić information content (AvgIpc) is 2.96. The molecule has 0 saturated carbocycles. The van der Waals surface area contributed by atoms with Gasteiger partial charge in [0.2, 0.25) is 5.43 Å². The van der Waals surface area contributed by atoms with Crippen LogP contribution in [0.3, 0.4) is 0 Å². The Morgan fingerprint density at radius 3 is 2.24 bits per heavy atom. The number of nitrogen functional groups attached to an aromatic ring is 1. The van der Waals surface area contributed by atoms with Crippen LogP contribution in [0.2, 0.25) is 0 Å². The molecule has 6 N–H and O–H groups in total. The highest BCUT2D eigenvalue weighted by molar-refractivity contribution is 7.85. The summed E-state index contributed by atoms with van der Waals surface area (Å²) in [6, 6.07) is -0.638. The van der Waals surface area contributed by atoms with Gasteiger partial charge in [0.25, 0.3) is 10.1 Å². The van der Waals surface area contributed by atoms with E-state index in [2.05, 4.69) is 0 Å². The van der Waals surface area contributed by atoms with E-state index in [1.54, 1.807) is 0 Å². The van der Waals surface area contributed by atoms with E-state index in [0.717, 1.165) is 6.20 Å². The predicted molar refractivity (Wildman–Crippen MR) is 116 cm³/mol. The number of carbonyl (C=O) groups is 1. The summed E-state index contributed by atoms with van der Waals surface area (Å²) in [5, 5.41) is 8.87. The molecule has 1 aromatic carbocycles. The molecule has 2 aliphatic rings. The highest BCUT2D eigenvalue weighted by Crippen LogP contribution is 2.38. The number of pyridine rings is 1. The summed E-state index contributed by atoms with van der Waals surface area (Å²) in [5.41, 5.74) is 9.12. The molecular formula is C19H24F2N4O7S. The second kappa shape index (κ2) is 8.85. The van der Waals surface area contributed by atoms with Crippen LogP contribution in [0.4, 0.5) is 20.2 Å². The Hall–Kier alpha value is -2.81. The third-order valence-electron chi connectivity index (χ3n) is 5.60. The lowest BCUT2D eigenvalue weighted by Crippen LogP contribution is -2.34. The molecule has 2 aliphatic heterocycles. The fourth-order valence-corrected chi connectivity index (χ4v) is 3.83. The molecule has 14 heteroatoms. The third kappa shape index (κ3) is 4.78. The van der Waals surface area contributed by atoms with Crippen LogP contribution in [0, 0.1) is 17.6 Å². The molecule has 0 amide bonds. The summed E-state index contributed by atoms with van der Waals surface area (Å²) in [6.45, 7) is 2.89. The van der Waals surface area contributed by atoms with E-state index < -0.39 is 49.8 Å². The van der Waals surface area contributed by atoms with E-state index in [9.17, 15) is 23.1 Å². The van der Waals surface area contributed by atoms with Crippen molar-refractivity contribution in [1.29, 1.82) is 0 Å². The van der Waals surface area contributed by atoms with E-state index in [1.807, 2.05) is 6.92 Å². The topological polar surface area (TPSA) is 178 Å². The maximum atomic E-state index is 15.6. The first-order valence-corrected chi connectivity index (χ1v) is 11.7. The molecule has 33 heavy (non-hydrogen) atoms. The van der Waals surface area contributed by atoms with E-state index in [0.29, 0.717) is 12.8 Å². The van der Waals surface area contributed by atoms with E-state index in [1.165, 1.54) is 9.47 Å². The maximum Gasteiger partial charge on any atom is 0.341 e. The van der Waals surface area contributed by atoms with Crippen molar-refractivity contribution in [2.24, 2.45) is 11.7 Å². The number of fused-ring (bicyclic) bond motifs is 1. The SMILES string of the molecule is CS(=O)(=O)O.C[C@H]1CN(c2c(F)c(N)c3c(=O)c(C(=O)O)cn(C4COC4)c3c2F)C[C@H]1N. The monoisotopic (exact) mass is 490 g/mol. The highest BCUT2D eigenvalue weighted by Gasteiger charge is 2.35. The number of ether oxygens (including phenoxy) is 1. The van der Waals surface area contributed by atoms with Crippen LogP contribution in [0.5, 0.6) is 0 Å². The van der Waals surface area contributed by atoms with Crippen LogP contribution in [-0.2, 0) is 14.9 Å². The van der Waals surface area contributed by atoms with Crippen molar-refractivity contribution >= 4 is 38.4 Å². The smallest absolute Gasteiger partial charge is 0.341 e. The van der Waals surface area contributed by atoms with Crippen LogP contribution in [-0.4, -0.2) is 67.2 Å². The lowest BCUT2D eigenvalue weighted by molar-refractivity contribution is -0.0219. The van der Waals surface area contributed by atoms with Crippen molar-refractivity contribution in [1.82, 2.24) is 4.57 Å². The molecule has 2 fully saturated rings. The molecule has 3 heterocycles. The fourth-order valence-electron chi connectivity index (χ4n) is 3.83. The highest BCUT2D eigenvalue weighted by atomic mass is 32.2. The number of hydrogen-bond acceptors (Lipinski definition) is 8. The molecule has 0 bridgehead atoms. The third-order valence-corrected chi connectivity index (χ3v) is 5.60. The number of nitrogens with zero attached hydrogens (tertiary/aromatic N) is 2. The minimum atomic E-state index is -3.67. The number of nitrogens with two attached hydrogens (primary N) is 2. The molecular weight excluding hydrogens is 466 g/mol. The number of carboxylic acid groups (broad SMARTS) is 1. The van der Waals surface area contributed by atoms with Gasteiger partial charge in [-0.25, -0.2) is 13.6 Å². The molecule has 0 radical (unpaired) electrons. The molecule has 2 saturated heterocycles. The van der Waals surface area contributed by atoms with Crippen molar-refractivity contribution < 1.29 is 36.4 Å². The lowest BCUT2D eigenvalue weighted by atomic mass is 10.0. The summed E-state index contributed by atoms with van der Waals surface area (Å²) in [7, 11) is -3.67. The largest absolute Gasteiger partial charge is 0.477 e. The molecule has 182 valence electrons. The van der Waals surface area contributed by atoms with Gasteiger partial charge >= 0.3 is 5.97 Å². The lowest BCUT2D eigenvalue weighted by Gasteiger charge is -2.31. The van der Waals surface area contributed by atoms with Gasteiger partial charge in [-0.05, 0) is 5.92 Å². The van der Waals surface area contributed by atoms with Gasteiger partial charge in [-0.2, -0.15) is 8.42 Å². The van der Waals surface area contributed by atoms with E-state index in [-0.39, 0.29) is 49.0 Å². The zero-order valence-corrected chi connectivity index (χ0v) is 18.6. The molecule has 0 unspecified atom stereocenters. The fraction of sp³-hybridized carbons (Fsp3) is 0.474. The van der Waals surface area contributed by atoms with Crippen LogP contribution in [0.25, 0.3) is 10.9 Å². The van der Waals surface area contributed by atoms with Crippen LogP contribution < -0.4 is 21.8 Å². The second-order valence-electron chi connectivity index (χ2n) is 8.17. The average molecular weight is 490 g/mol. The summed E-state index contributed by atoms with van der Waals surface area (Å²) < 4.78 is 63.0. The van der Waals surface area contributed by atoms with Crippen molar-refractivity contribution in [3.63, 3.8) is 0 Å². The first-order chi connectivity index (χ1) is 15.2. The Labute approximate surface area is 187 Å². The van der Waals surface area contributed by atoms with Gasteiger partial charge in [0.05, 0.1) is 42.1 Å². The Morgan fingerprint density at radius 1 is 1.24 bits per heavy atom. The van der Waals surface area contributed by atoms with Gasteiger partial charge in [-0.3, -0.25) is 9.35 Å². The number of anilines is 2. The first kappa shape index (κ1) is 24.8. The molecule has 0 aliphatic carbocycles. The van der Waals surface area contributed by atoms with Crippen molar-refractivity contribution in [2.45, 2.75) is 19.0 Å². The van der Waals surface area contributed by atoms with Gasteiger partial charge in [-0.15, -0.1) is 0 Å². The first-order valence-electron chi connectivity index (χ1n) is 9.81. The van der Waals surface area contributed by atoms with Gasteiger partial charge in [0, 0.05) is 25.3 Å². The van der Waals surface area contributed by atoms with E-state index >= 15 is 8.78 Å². The van der Waals surface area contributed by atoms with Gasteiger partial charge in [0.1, 0.15) is 11.3 Å². The number of halogens is 2. The molecule has 2 aromatic rings. The number of hydrogen-bond donors (Lipinski definition) is 4. The minimum Gasteiger partial charge on any atom is -0.477 e. The summed E-state index contributed by atoms with van der Waals surface area (Å²) in [4.78, 5) is 25.6. The number of rotatable bonds is 3. The number of benzene rings is 1. The second-order valence-corrected chi connectivity index (χ2v) is 9.63. The minimum absolute atomic E-state index is 0.0207. The van der Waals surface area contributed by atoms with Crippen molar-refractivity contribution in [3.05, 3.63) is 33.6 Å². The van der Waals surface area contributed by atoms with Crippen molar-refractivity contribution in [3.8, 4) is 0 Å². The zero-order chi connectivity index (χ0) is 24.8. The van der Waals surface area contributed by atoms with Crippen molar-refractivity contribution in [2.75, 3.05) is 43.2 Å². The van der Waals surface area contributed by atoms with Gasteiger partial charge in [-0.1, -0.05) is 6.92 Å². The Balaban J connectivity index is 0.000000555. The normalized spacial score (nSPS) is 21.0. The summed E-state index contributed by atoms with van der Waals surface area (Å²) in [5.74, 6) is -3.51. The standard InChI is InChI=1S/C18H20F2N4O4.CH4O3S/c1-7-2-23(4-10(7)21)16-12(19)14(22)11-15(13(16)20)24(8-5-28-6-8)3-9(17(11)25)18(26)27;1-5(2,3)4/h3,7-8,10H,2,4-6,21-22H2,1H3,(H,26,27);1H3,(H,2,3,4)/t7-,10+;/m0./s1. The van der Waals surface area contributed by atoms with Crippen LogP contribution in [0.1, 0.15) is 23.3 Å². The predicted octanol–water partition coefficient (Wildman–Crippen LogP) is 0.419. The molecule has 11 nitrogen and oxygen atoms in total. The summed E-state index contributed by atoms with van der Waals surface area (Å²) >= 11 is 0. The molecule has 0 spiro atoms.